The van der Waals surface area contributed by atoms with E-state index in [-0.39, 0.29) is 0 Å². The number of ether oxygens (including phenoxy) is 1. The monoisotopic (exact) mass is 308 g/mol. The number of halogens is 1. The minimum Gasteiger partial charge on any atom is -0.490 e. The number of hydrogen-bond acceptors (Lipinski definition) is 1. The number of alkyl halides is 1. The van der Waals surface area contributed by atoms with Crippen LogP contribution in [-0.4, -0.2) is 10.9 Å². The summed E-state index contributed by atoms with van der Waals surface area (Å²) in [6, 6.07) is 6.57. The van der Waals surface area contributed by atoms with Crippen molar-refractivity contribution in [2.24, 2.45) is 5.92 Å². The van der Waals surface area contributed by atoms with Gasteiger partial charge in [-0.3, -0.25) is 0 Å². The first kappa shape index (κ1) is 12.5. The van der Waals surface area contributed by atoms with Gasteiger partial charge in [-0.05, 0) is 43.7 Å². The third kappa shape index (κ3) is 2.74. The molecule has 3 unspecified atom stereocenters. The van der Waals surface area contributed by atoms with Crippen LogP contribution in [0.3, 0.4) is 0 Å². The van der Waals surface area contributed by atoms with Gasteiger partial charge in [-0.1, -0.05) is 46.5 Å². The van der Waals surface area contributed by atoms with Gasteiger partial charge in [-0.2, -0.15) is 0 Å². The number of benzene rings is 1. The van der Waals surface area contributed by atoms with Crippen molar-refractivity contribution in [1.29, 1.82) is 0 Å². The molecule has 1 aromatic carbocycles. The Labute approximate surface area is 118 Å². The van der Waals surface area contributed by atoms with Gasteiger partial charge in [0.1, 0.15) is 11.9 Å². The molecule has 1 aromatic rings. The smallest absolute Gasteiger partial charge is 0.123 e. The molecule has 1 aliphatic carbocycles. The molecule has 1 fully saturated rings. The van der Waals surface area contributed by atoms with Gasteiger partial charge in [0, 0.05) is 11.2 Å². The Kier molecular flexibility index (Phi) is 3.65. The predicted molar refractivity (Wildman–Crippen MR) is 78.6 cm³/mol. The topological polar surface area (TPSA) is 9.23 Å². The Morgan fingerprint density at radius 3 is 3.06 bits per heavy atom. The zero-order valence-electron chi connectivity index (χ0n) is 11.0. The molecule has 0 saturated heterocycles. The van der Waals surface area contributed by atoms with E-state index in [9.17, 15) is 0 Å². The standard InChI is InChI=1S/C16H21BrO/c1-11-5-6-16-13(7-11)10-15(18-16)9-12-3-2-4-14(17)8-12/h5-7,12,14-15H,2-4,8-10H2,1H3. The van der Waals surface area contributed by atoms with Crippen molar-refractivity contribution in [3.8, 4) is 5.75 Å². The molecule has 0 amide bonds. The van der Waals surface area contributed by atoms with Gasteiger partial charge in [0.2, 0.25) is 0 Å². The Hall–Kier alpha value is -0.500. The highest BCUT2D eigenvalue weighted by Crippen LogP contribution is 2.36. The second-order valence-electron chi connectivity index (χ2n) is 5.92. The molecule has 1 heterocycles. The van der Waals surface area contributed by atoms with Crippen LogP contribution in [0.15, 0.2) is 18.2 Å². The summed E-state index contributed by atoms with van der Waals surface area (Å²) in [6.45, 7) is 2.16. The van der Waals surface area contributed by atoms with Gasteiger partial charge in [0.15, 0.2) is 0 Å². The average Bonchev–Trinajstić information content (AvgIpc) is 2.70. The third-order valence-corrected chi connectivity index (χ3v) is 5.10. The summed E-state index contributed by atoms with van der Waals surface area (Å²) in [5.41, 5.74) is 2.75. The molecular formula is C16H21BrO. The molecule has 0 spiro atoms. The molecule has 0 bridgehead atoms. The second kappa shape index (κ2) is 5.24. The molecule has 3 rings (SSSR count). The summed E-state index contributed by atoms with van der Waals surface area (Å²) in [7, 11) is 0. The number of fused-ring (bicyclic) bond motifs is 1. The van der Waals surface area contributed by atoms with Gasteiger partial charge in [0.05, 0.1) is 0 Å². The highest BCUT2D eigenvalue weighted by molar-refractivity contribution is 9.09. The molecule has 2 aliphatic rings. The largest absolute Gasteiger partial charge is 0.490 e. The van der Waals surface area contributed by atoms with Gasteiger partial charge in [-0.25, -0.2) is 0 Å². The SMILES string of the molecule is Cc1ccc2c(c1)CC(CC1CCCC(Br)C1)O2. The van der Waals surface area contributed by atoms with E-state index in [4.69, 9.17) is 4.74 Å². The van der Waals surface area contributed by atoms with E-state index in [0.29, 0.717) is 6.10 Å². The van der Waals surface area contributed by atoms with Crippen LogP contribution in [0.4, 0.5) is 0 Å². The first-order chi connectivity index (χ1) is 8.70. The van der Waals surface area contributed by atoms with Crippen LogP contribution in [-0.2, 0) is 6.42 Å². The van der Waals surface area contributed by atoms with Crippen molar-refractivity contribution in [3.05, 3.63) is 29.3 Å². The van der Waals surface area contributed by atoms with Crippen molar-refractivity contribution in [2.75, 3.05) is 0 Å². The molecule has 0 radical (unpaired) electrons. The third-order valence-electron chi connectivity index (χ3n) is 4.27. The summed E-state index contributed by atoms with van der Waals surface area (Å²) >= 11 is 3.78. The number of aryl methyl sites for hydroxylation is 1. The van der Waals surface area contributed by atoms with Crippen LogP contribution < -0.4 is 4.74 Å². The molecule has 0 aromatic heterocycles. The zero-order chi connectivity index (χ0) is 12.5. The lowest BCUT2D eigenvalue weighted by Gasteiger charge is -2.27. The van der Waals surface area contributed by atoms with E-state index in [1.807, 2.05) is 0 Å². The quantitative estimate of drug-likeness (QED) is 0.723. The van der Waals surface area contributed by atoms with E-state index in [1.54, 1.807) is 0 Å². The van der Waals surface area contributed by atoms with Gasteiger partial charge in [-0.15, -0.1) is 0 Å². The lowest BCUT2D eigenvalue weighted by molar-refractivity contribution is 0.177. The summed E-state index contributed by atoms with van der Waals surface area (Å²) in [5, 5.41) is 0. The fraction of sp³-hybridized carbons (Fsp3) is 0.625. The maximum absolute atomic E-state index is 6.08. The maximum Gasteiger partial charge on any atom is 0.123 e. The Morgan fingerprint density at radius 2 is 2.22 bits per heavy atom. The van der Waals surface area contributed by atoms with Crippen LogP contribution in [0.25, 0.3) is 0 Å². The van der Waals surface area contributed by atoms with Crippen molar-refractivity contribution in [2.45, 2.75) is 56.4 Å². The Bertz CT molecular complexity index is 429. The predicted octanol–water partition coefficient (Wildman–Crippen LogP) is 4.64. The molecule has 1 nitrogen and oxygen atoms in total. The molecule has 98 valence electrons. The normalized spacial score (nSPS) is 30.9. The molecular weight excluding hydrogens is 288 g/mol. The minimum atomic E-state index is 0.421. The van der Waals surface area contributed by atoms with Crippen molar-refractivity contribution < 1.29 is 4.74 Å². The van der Waals surface area contributed by atoms with Crippen LogP contribution >= 0.6 is 15.9 Å². The molecule has 1 saturated carbocycles. The lowest BCUT2D eigenvalue weighted by Crippen LogP contribution is -2.23. The van der Waals surface area contributed by atoms with Gasteiger partial charge >= 0.3 is 0 Å². The van der Waals surface area contributed by atoms with Crippen molar-refractivity contribution >= 4 is 15.9 Å². The second-order valence-corrected chi connectivity index (χ2v) is 7.22. The van der Waals surface area contributed by atoms with Crippen LogP contribution in [0.5, 0.6) is 5.75 Å². The zero-order valence-corrected chi connectivity index (χ0v) is 12.6. The van der Waals surface area contributed by atoms with E-state index in [0.717, 1.165) is 22.9 Å². The maximum atomic E-state index is 6.08. The first-order valence-electron chi connectivity index (χ1n) is 7.11. The summed E-state index contributed by atoms with van der Waals surface area (Å²) in [6.07, 6.45) is 8.20. The molecule has 2 heteroatoms. The van der Waals surface area contributed by atoms with Crippen molar-refractivity contribution in [3.63, 3.8) is 0 Å². The van der Waals surface area contributed by atoms with Crippen LogP contribution in [0, 0.1) is 12.8 Å². The summed E-state index contributed by atoms with van der Waals surface area (Å²) < 4.78 is 6.08. The summed E-state index contributed by atoms with van der Waals surface area (Å²) in [5.74, 6) is 1.97. The fourth-order valence-electron chi connectivity index (χ4n) is 3.39. The minimum absolute atomic E-state index is 0.421. The Morgan fingerprint density at radius 1 is 1.33 bits per heavy atom. The fourth-order valence-corrected chi connectivity index (χ4v) is 4.24. The lowest BCUT2D eigenvalue weighted by atomic mass is 9.84. The molecule has 18 heavy (non-hydrogen) atoms. The van der Waals surface area contributed by atoms with E-state index in [2.05, 4.69) is 41.1 Å². The van der Waals surface area contributed by atoms with Crippen molar-refractivity contribution in [1.82, 2.24) is 0 Å². The molecule has 1 aliphatic heterocycles. The highest BCUT2D eigenvalue weighted by atomic mass is 79.9. The van der Waals surface area contributed by atoms with Crippen LogP contribution in [0.1, 0.15) is 43.2 Å². The number of rotatable bonds is 2. The van der Waals surface area contributed by atoms with E-state index >= 15 is 0 Å². The number of hydrogen-bond donors (Lipinski definition) is 0. The van der Waals surface area contributed by atoms with E-state index < -0.39 is 0 Å². The Balaban J connectivity index is 1.60. The van der Waals surface area contributed by atoms with Crippen LogP contribution in [0.2, 0.25) is 0 Å². The highest BCUT2D eigenvalue weighted by Gasteiger charge is 2.28. The first-order valence-corrected chi connectivity index (χ1v) is 8.02. The molecule has 0 N–H and O–H groups in total. The molecule has 3 atom stereocenters. The average molecular weight is 309 g/mol. The summed E-state index contributed by atoms with van der Waals surface area (Å²) in [4.78, 5) is 0.738. The van der Waals surface area contributed by atoms with Gasteiger partial charge < -0.3 is 4.74 Å². The van der Waals surface area contributed by atoms with E-state index in [1.165, 1.54) is 43.2 Å². The van der Waals surface area contributed by atoms with Gasteiger partial charge in [0.25, 0.3) is 0 Å².